The Hall–Kier alpha value is -0.0900. The first-order valence-corrected chi connectivity index (χ1v) is 6.46. The molecular formula is C11H18ClNOS. The minimum atomic E-state index is -0.568. The Morgan fingerprint density at radius 1 is 1.40 bits per heavy atom. The van der Waals surface area contributed by atoms with Crippen LogP contribution in [0.1, 0.15) is 31.6 Å². The van der Waals surface area contributed by atoms with Crippen molar-refractivity contribution in [1.29, 1.82) is 0 Å². The van der Waals surface area contributed by atoms with Gasteiger partial charge in [-0.1, -0.05) is 25.4 Å². The third-order valence-corrected chi connectivity index (χ3v) is 3.93. The second-order valence-corrected chi connectivity index (χ2v) is 5.54. The molecule has 0 fully saturated rings. The standard InChI is InChI=1S/C11H18ClNOS/c1-3-11(14,4-2)8-13-7-9-5-6-10(12)15-9/h5-6,13-14H,3-4,7-8H2,1-2H3. The molecule has 0 aliphatic heterocycles. The van der Waals surface area contributed by atoms with Gasteiger partial charge in [0.15, 0.2) is 0 Å². The normalized spacial score (nSPS) is 12.0. The van der Waals surface area contributed by atoms with Crippen LogP contribution < -0.4 is 5.32 Å². The van der Waals surface area contributed by atoms with E-state index in [4.69, 9.17) is 11.6 Å². The minimum absolute atomic E-state index is 0.568. The Morgan fingerprint density at radius 3 is 2.53 bits per heavy atom. The molecule has 4 heteroatoms. The van der Waals surface area contributed by atoms with Gasteiger partial charge in [0.05, 0.1) is 9.94 Å². The van der Waals surface area contributed by atoms with E-state index in [-0.39, 0.29) is 0 Å². The Bertz CT molecular complexity index is 297. The zero-order valence-corrected chi connectivity index (χ0v) is 10.8. The average Bonchev–Trinajstić information content (AvgIpc) is 2.64. The quantitative estimate of drug-likeness (QED) is 0.810. The van der Waals surface area contributed by atoms with Crippen LogP contribution >= 0.6 is 22.9 Å². The van der Waals surface area contributed by atoms with E-state index in [1.165, 1.54) is 4.88 Å². The van der Waals surface area contributed by atoms with E-state index < -0.39 is 5.60 Å². The van der Waals surface area contributed by atoms with E-state index in [9.17, 15) is 5.11 Å². The van der Waals surface area contributed by atoms with Gasteiger partial charge in [-0.15, -0.1) is 11.3 Å². The molecule has 0 bridgehead atoms. The van der Waals surface area contributed by atoms with Crippen LogP contribution in [-0.4, -0.2) is 17.3 Å². The van der Waals surface area contributed by atoms with Crippen LogP contribution in [0.4, 0.5) is 0 Å². The Morgan fingerprint density at radius 2 is 2.07 bits per heavy atom. The fraction of sp³-hybridized carbons (Fsp3) is 0.636. The first-order chi connectivity index (χ1) is 7.09. The molecule has 0 aliphatic rings. The molecule has 0 radical (unpaired) electrons. The van der Waals surface area contributed by atoms with Crippen molar-refractivity contribution in [2.75, 3.05) is 6.54 Å². The highest BCUT2D eigenvalue weighted by Crippen LogP contribution is 2.21. The molecule has 2 nitrogen and oxygen atoms in total. The minimum Gasteiger partial charge on any atom is -0.389 e. The number of aliphatic hydroxyl groups is 1. The number of rotatable bonds is 6. The van der Waals surface area contributed by atoms with E-state index >= 15 is 0 Å². The molecule has 0 saturated carbocycles. The van der Waals surface area contributed by atoms with Crippen LogP contribution in [0.15, 0.2) is 12.1 Å². The molecule has 0 aliphatic carbocycles. The average molecular weight is 248 g/mol. The van der Waals surface area contributed by atoms with Gasteiger partial charge >= 0.3 is 0 Å². The molecule has 2 N–H and O–H groups in total. The lowest BCUT2D eigenvalue weighted by Crippen LogP contribution is -2.39. The number of halogens is 1. The van der Waals surface area contributed by atoms with Gasteiger partial charge in [-0.25, -0.2) is 0 Å². The van der Waals surface area contributed by atoms with Crippen LogP contribution in [0, 0.1) is 0 Å². The van der Waals surface area contributed by atoms with Crippen molar-refractivity contribution in [3.8, 4) is 0 Å². The van der Waals surface area contributed by atoms with Crippen molar-refractivity contribution in [2.45, 2.75) is 38.8 Å². The van der Waals surface area contributed by atoms with E-state index in [1.54, 1.807) is 11.3 Å². The summed E-state index contributed by atoms with van der Waals surface area (Å²) in [5, 5.41) is 13.3. The summed E-state index contributed by atoms with van der Waals surface area (Å²) in [6.07, 6.45) is 1.56. The highest BCUT2D eigenvalue weighted by molar-refractivity contribution is 7.16. The van der Waals surface area contributed by atoms with Gasteiger partial charge in [-0.3, -0.25) is 0 Å². The van der Waals surface area contributed by atoms with Crippen LogP contribution in [0.3, 0.4) is 0 Å². The Labute approximate surface area is 100 Å². The van der Waals surface area contributed by atoms with Gasteiger partial charge in [-0.05, 0) is 25.0 Å². The topological polar surface area (TPSA) is 32.3 Å². The molecule has 1 aromatic rings. The van der Waals surface area contributed by atoms with Crippen molar-refractivity contribution in [1.82, 2.24) is 5.32 Å². The van der Waals surface area contributed by atoms with Crippen molar-refractivity contribution in [2.24, 2.45) is 0 Å². The molecular weight excluding hydrogens is 230 g/mol. The summed E-state index contributed by atoms with van der Waals surface area (Å²) in [7, 11) is 0. The molecule has 1 heterocycles. The van der Waals surface area contributed by atoms with Gasteiger partial charge in [-0.2, -0.15) is 0 Å². The predicted molar refractivity (Wildman–Crippen MR) is 66.6 cm³/mol. The van der Waals surface area contributed by atoms with Crippen LogP contribution in [0.25, 0.3) is 0 Å². The molecule has 86 valence electrons. The lowest BCUT2D eigenvalue weighted by molar-refractivity contribution is 0.0323. The van der Waals surface area contributed by atoms with E-state index in [0.717, 1.165) is 23.7 Å². The number of nitrogens with one attached hydrogen (secondary N) is 1. The zero-order chi connectivity index (χ0) is 11.3. The van der Waals surface area contributed by atoms with E-state index in [1.807, 2.05) is 26.0 Å². The monoisotopic (exact) mass is 247 g/mol. The third-order valence-electron chi connectivity index (χ3n) is 2.70. The summed E-state index contributed by atoms with van der Waals surface area (Å²) in [5.41, 5.74) is -0.568. The predicted octanol–water partition coefficient (Wildman–Crippen LogP) is 3.04. The summed E-state index contributed by atoms with van der Waals surface area (Å²) in [4.78, 5) is 1.20. The van der Waals surface area contributed by atoms with Gasteiger partial charge in [0.2, 0.25) is 0 Å². The molecule has 0 atom stereocenters. The maximum absolute atomic E-state index is 10.0. The van der Waals surface area contributed by atoms with E-state index in [2.05, 4.69) is 5.32 Å². The van der Waals surface area contributed by atoms with Crippen molar-refractivity contribution >= 4 is 22.9 Å². The Balaban J connectivity index is 2.32. The molecule has 1 rings (SSSR count). The van der Waals surface area contributed by atoms with Crippen molar-refractivity contribution in [3.05, 3.63) is 21.3 Å². The lowest BCUT2D eigenvalue weighted by Gasteiger charge is -2.25. The second-order valence-electron chi connectivity index (χ2n) is 3.74. The third kappa shape index (κ3) is 4.11. The van der Waals surface area contributed by atoms with E-state index in [0.29, 0.717) is 6.54 Å². The molecule has 1 aromatic heterocycles. The first kappa shape index (κ1) is 13.0. The SMILES string of the molecule is CCC(O)(CC)CNCc1ccc(Cl)s1. The zero-order valence-electron chi connectivity index (χ0n) is 9.22. The summed E-state index contributed by atoms with van der Waals surface area (Å²) in [5.74, 6) is 0. The number of hydrogen-bond donors (Lipinski definition) is 2. The Kier molecular flexibility index (Phi) is 5.06. The summed E-state index contributed by atoms with van der Waals surface area (Å²) in [6, 6.07) is 3.91. The molecule has 0 saturated heterocycles. The van der Waals surface area contributed by atoms with Crippen molar-refractivity contribution < 1.29 is 5.11 Å². The smallest absolute Gasteiger partial charge is 0.0931 e. The summed E-state index contributed by atoms with van der Waals surface area (Å²) >= 11 is 7.40. The molecule has 0 amide bonds. The van der Waals surface area contributed by atoms with Gasteiger partial charge in [0, 0.05) is 18.0 Å². The first-order valence-electron chi connectivity index (χ1n) is 5.27. The van der Waals surface area contributed by atoms with Crippen molar-refractivity contribution in [3.63, 3.8) is 0 Å². The maximum Gasteiger partial charge on any atom is 0.0931 e. The second kappa shape index (κ2) is 5.85. The van der Waals surface area contributed by atoms with Crippen LogP contribution in [0.5, 0.6) is 0 Å². The fourth-order valence-electron chi connectivity index (χ4n) is 1.37. The fourth-order valence-corrected chi connectivity index (χ4v) is 2.42. The van der Waals surface area contributed by atoms with Gasteiger partial charge in [0.25, 0.3) is 0 Å². The number of hydrogen-bond acceptors (Lipinski definition) is 3. The molecule has 0 unspecified atom stereocenters. The van der Waals surface area contributed by atoms with Gasteiger partial charge < -0.3 is 10.4 Å². The van der Waals surface area contributed by atoms with Crippen LogP contribution in [0.2, 0.25) is 4.34 Å². The molecule has 0 spiro atoms. The highest BCUT2D eigenvalue weighted by Gasteiger charge is 2.21. The van der Waals surface area contributed by atoms with Crippen LogP contribution in [-0.2, 0) is 6.54 Å². The summed E-state index contributed by atoms with van der Waals surface area (Å²) in [6.45, 7) is 5.43. The number of thiophene rings is 1. The molecule has 15 heavy (non-hydrogen) atoms. The summed E-state index contributed by atoms with van der Waals surface area (Å²) < 4.78 is 0.813. The maximum atomic E-state index is 10.0. The molecule has 0 aromatic carbocycles. The largest absolute Gasteiger partial charge is 0.389 e. The van der Waals surface area contributed by atoms with Gasteiger partial charge in [0.1, 0.15) is 0 Å². The lowest BCUT2D eigenvalue weighted by atomic mass is 9.98. The highest BCUT2D eigenvalue weighted by atomic mass is 35.5.